The normalized spacial score (nSPS) is 16.3. The van der Waals surface area contributed by atoms with E-state index in [0.29, 0.717) is 17.5 Å². The van der Waals surface area contributed by atoms with Crippen molar-refractivity contribution < 1.29 is 4.39 Å². The molecule has 0 N–H and O–H groups in total. The lowest BCUT2D eigenvalue weighted by molar-refractivity contribution is 0.167. The number of nitrogens with zero attached hydrogens (tertiary/aromatic N) is 4. The van der Waals surface area contributed by atoms with Crippen LogP contribution in [0.5, 0.6) is 0 Å². The van der Waals surface area contributed by atoms with Gasteiger partial charge in [0.15, 0.2) is 5.65 Å². The molecule has 7 heteroatoms. The van der Waals surface area contributed by atoms with Crippen LogP contribution in [0.3, 0.4) is 0 Å². The second kappa shape index (κ2) is 7.44. The Kier molecular flexibility index (Phi) is 5.02. The summed E-state index contributed by atoms with van der Waals surface area (Å²) < 4.78 is 16.7. The van der Waals surface area contributed by atoms with Crippen molar-refractivity contribution in [2.45, 2.75) is 25.9 Å². The molecule has 0 radical (unpaired) electrons. The molecule has 27 heavy (non-hydrogen) atoms. The first-order valence-corrected chi connectivity index (χ1v) is 9.57. The zero-order valence-electron chi connectivity index (χ0n) is 15.2. The first-order valence-electron chi connectivity index (χ1n) is 9.19. The second-order valence-electron chi connectivity index (χ2n) is 7.25. The number of halogens is 2. The van der Waals surface area contributed by atoms with E-state index in [1.165, 1.54) is 12.1 Å². The van der Waals surface area contributed by atoms with Gasteiger partial charge in [0, 0.05) is 31.4 Å². The molecular formula is C20H22ClFN4O. The van der Waals surface area contributed by atoms with Gasteiger partial charge < -0.3 is 0 Å². The average Bonchev–Trinajstić information content (AvgIpc) is 2.91. The van der Waals surface area contributed by atoms with Gasteiger partial charge in [0.1, 0.15) is 5.82 Å². The number of fused-ring (bicyclic) bond motifs is 1. The summed E-state index contributed by atoms with van der Waals surface area (Å²) in [5, 5.41) is 0.477. The number of aryl methyl sites for hydroxylation is 1. The zero-order valence-corrected chi connectivity index (χ0v) is 16.0. The summed E-state index contributed by atoms with van der Waals surface area (Å²) in [6.07, 6.45) is 3.75. The first kappa shape index (κ1) is 18.2. The molecule has 0 unspecified atom stereocenters. The van der Waals surface area contributed by atoms with Crippen LogP contribution in [0.25, 0.3) is 11.2 Å². The minimum Gasteiger partial charge on any atom is -0.299 e. The van der Waals surface area contributed by atoms with Crippen molar-refractivity contribution in [3.63, 3.8) is 0 Å². The lowest BCUT2D eigenvalue weighted by Gasteiger charge is -2.32. The minimum absolute atomic E-state index is 0.00998. The van der Waals surface area contributed by atoms with E-state index < -0.39 is 0 Å². The maximum absolute atomic E-state index is 13.2. The molecule has 2 aromatic heterocycles. The predicted octanol–water partition coefficient (Wildman–Crippen LogP) is 3.44. The number of imidazole rings is 1. The van der Waals surface area contributed by atoms with Crippen molar-refractivity contribution in [3.8, 4) is 0 Å². The summed E-state index contributed by atoms with van der Waals surface area (Å²) in [5.74, 6) is 0.131. The van der Waals surface area contributed by atoms with E-state index in [1.807, 2.05) is 12.1 Å². The molecule has 0 atom stereocenters. The van der Waals surface area contributed by atoms with Crippen LogP contribution in [0, 0.1) is 11.7 Å². The van der Waals surface area contributed by atoms with Gasteiger partial charge in [-0.3, -0.25) is 14.0 Å². The number of likely N-dealkylation sites (tertiary alicyclic amines) is 1. The number of aromatic nitrogens is 3. The highest BCUT2D eigenvalue weighted by Gasteiger charge is 2.22. The third kappa shape index (κ3) is 3.64. The number of hydrogen-bond donors (Lipinski definition) is 0. The molecule has 0 amide bonds. The molecule has 1 fully saturated rings. The quantitative estimate of drug-likeness (QED) is 0.687. The molecule has 4 rings (SSSR count). The largest absolute Gasteiger partial charge is 0.330 e. The van der Waals surface area contributed by atoms with Crippen molar-refractivity contribution in [1.29, 1.82) is 0 Å². The standard InChI is InChI=1S/C20H22ClFN4O/c1-24-18-3-2-8-23-19(18)26(20(24)27)12-14-6-9-25(10-7-14)13-15-4-5-16(22)11-17(15)21/h2-5,8,11,14H,6-7,9-10,12-13H2,1H3. The van der Waals surface area contributed by atoms with Crippen LogP contribution in [0.4, 0.5) is 4.39 Å². The Morgan fingerprint density at radius 3 is 2.78 bits per heavy atom. The monoisotopic (exact) mass is 388 g/mol. The van der Waals surface area contributed by atoms with Gasteiger partial charge in [-0.1, -0.05) is 17.7 Å². The lowest BCUT2D eigenvalue weighted by Crippen LogP contribution is -2.36. The Hall–Kier alpha value is -2.18. The summed E-state index contributed by atoms with van der Waals surface area (Å²) >= 11 is 6.15. The Morgan fingerprint density at radius 1 is 1.26 bits per heavy atom. The SMILES string of the molecule is Cn1c(=O)n(CC2CCN(Cc3ccc(F)cc3Cl)CC2)c2ncccc21. The van der Waals surface area contributed by atoms with E-state index in [4.69, 9.17) is 11.6 Å². The Bertz CT molecular complexity index is 1020. The fourth-order valence-electron chi connectivity index (χ4n) is 3.87. The van der Waals surface area contributed by atoms with Gasteiger partial charge in [0.25, 0.3) is 0 Å². The van der Waals surface area contributed by atoms with E-state index in [2.05, 4.69) is 9.88 Å². The van der Waals surface area contributed by atoms with E-state index in [0.717, 1.165) is 49.2 Å². The average molecular weight is 389 g/mol. The summed E-state index contributed by atoms with van der Waals surface area (Å²) in [6.45, 7) is 3.29. The molecule has 0 aliphatic carbocycles. The van der Waals surface area contributed by atoms with Gasteiger partial charge in [-0.05, 0) is 61.7 Å². The lowest BCUT2D eigenvalue weighted by atomic mass is 9.96. The van der Waals surface area contributed by atoms with Crippen LogP contribution in [0.15, 0.2) is 41.3 Å². The molecule has 3 aromatic rings. The highest BCUT2D eigenvalue weighted by Crippen LogP contribution is 2.24. The molecule has 1 aliphatic rings. The molecule has 3 heterocycles. The molecule has 1 aromatic carbocycles. The van der Waals surface area contributed by atoms with E-state index >= 15 is 0 Å². The Labute approximate surface area is 162 Å². The minimum atomic E-state index is -0.309. The fourth-order valence-corrected chi connectivity index (χ4v) is 4.10. The number of rotatable bonds is 4. The Morgan fingerprint density at radius 2 is 2.04 bits per heavy atom. The number of benzene rings is 1. The molecule has 1 aliphatic heterocycles. The van der Waals surface area contributed by atoms with Crippen LogP contribution in [-0.2, 0) is 20.1 Å². The molecule has 0 bridgehead atoms. The van der Waals surface area contributed by atoms with E-state index in [9.17, 15) is 9.18 Å². The second-order valence-corrected chi connectivity index (χ2v) is 7.66. The van der Waals surface area contributed by atoms with E-state index in [1.54, 1.807) is 28.4 Å². The highest BCUT2D eigenvalue weighted by molar-refractivity contribution is 6.31. The van der Waals surface area contributed by atoms with Crippen molar-refractivity contribution in [1.82, 2.24) is 19.0 Å². The highest BCUT2D eigenvalue weighted by atomic mass is 35.5. The summed E-state index contributed by atoms with van der Waals surface area (Å²) in [4.78, 5) is 19.3. The van der Waals surface area contributed by atoms with Gasteiger partial charge in [-0.2, -0.15) is 0 Å². The third-order valence-electron chi connectivity index (χ3n) is 5.46. The van der Waals surface area contributed by atoms with Gasteiger partial charge in [0.2, 0.25) is 0 Å². The summed E-state index contributed by atoms with van der Waals surface area (Å²) in [5.41, 5.74) is 2.56. The fraction of sp³-hybridized carbons (Fsp3) is 0.400. The summed E-state index contributed by atoms with van der Waals surface area (Å²) in [7, 11) is 1.79. The number of hydrogen-bond acceptors (Lipinski definition) is 3. The molecule has 0 saturated carbocycles. The molecular weight excluding hydrogens is 367 g/mol. The van der Waals surface area contributed by atoms with Crippen molar-refractivity contribution >= 4 is 22.8 Å². The van der Waals surface area contributed by atoms with Crippen LogP contribution in [0.1, 0.15) is 18.4 Å². The van der Waals surface area contributed by atoms with Crippen LogP contribution in [0.2, 0.25) is 5.02 Å². The van der Waals surface area contributed by atoms with E-state index in [-0.39, 0.29) is 11.5 Å². The molecule has 1 saturated heterocycles. The Balaban J connectivity index is 1.42. The van der Waals surface area contributed by atoms with Crippen molar-refractivity contribution in [3.05, 3.63) is 63.4 Å². The first-order chi connectivity index (χ1) is 13.0. The topological polar surface area (TPSA) is 43.1 Å². The maximum Gasteiger partial charge on any atom is 0.330 e. The molecule has 0 spiro atoms. The van der Waals surface area contributed by atoms with Gasteiger partial charge in [-0.15, -0.1) is 0 Å². The van der Waals surface area contributed by atoms with Crippen LogP contribution in [-0.4, -0.2) is 32.1 Å². The molecule has 142 valence electrons. The smallest absolute Gasteiger partial charge is 0.299 e. The maximum atomic E-state index is 13.2. The molecule has 5 nitrogen and oxygen atoms in total. The van der Waals surface area contributed by atoms with Gasteiger partial charge in [-0.25, -0.2) is 14.2 Å². The van der Waals surface area contributed by atoms with Gasteiger partial charge >= 0.3 is 5.69 Å². The van der Waals surface area contributed by atoms with Gasteiger partial charge in [0.05, 0.1) is 5.52 Å². The van der Waals surface area contributed by atoms with Crippen molar-refractivity contribution in [2.75, 3.05) is 13.1 Å². The van der Waals surface area contributed by atoms with Crippen LogP contribution >= 0.6 is 11.6 Å². The van der Waals surface area contributed by atoms with Crippen molar-refractivity contribution in [2.24, 2.45) is 13.0 Å². The van der Waals surface area contributed by atoms with Crippen LogP contribution < -0.4 is 5.69 Å². The third-order valence-corrected chi connectivity index (χ3v) is 5.81. The number of pyridine rings is 1. The summed E-state index contributed by atoms with van der Waals surface area (Å²) in [6, 6.07) is 8.35. The predicted molar refractivity (Wildman–Crippen MR) is 104 cm³/mol. The zero-order chi connectivity index (χ0) is 19.0. The number of piperidine rings is 1.